The lowest BCUT2D eigenvalue weighted by Crippen LogP contribution is -2.71. The van der Waals surface area contributed by atoms with Gasteiger partial charge in [-0.3, -0.25) is 0 Å². The fraction of sp³-hybridized carbons (Fsp3) is 0.938. The number of ether oxygens (including phenoxy) is 1. The lowest BCUT2D eigenvalue weighted by atomic mass is 9.42. The Morgan fingerprint density at radius 1 is 1.25 bits per heavy atom. The zero-order chi connectivity index (χ0) is 15.5. The molecular weight excluding hydrogens is 268 g/mol. The summed E-state index contributed by atoms with van der Waals surface area (Å²) in [6, 6.07) is 0. The SMILES string of the molecule is C[SiH](C)OC1C(=O)OC(C)(C)C2C(C(C)(C)C)CC12C. The molecule has 1 aliphatic heterocycles. The van der Waals surface area contributed by atoms with Crippen molar-refractivity contribution in [2.75, 3.05) is 0 Å². The van der Waals surface area contributed by atoms with Gasteiger partial charge in [0.05, 0.1) is 0 Å². The molecule has 2 rings (SSSR count). The summed E-state index contributed by atoms with van der Waals surface area (Å²) in [5.41, 5.74) is -0.209. The Kier molecular flexibility index (Phi) is 3.66. The lowest BCUT2D eigenvalue weighted by Gasteiger charge is -2.67. The van der Waals surface area contributed by atoms with E-state index in [9.17, 15) is 4.79 Å². The van der Waals surface area contributed by atoms with Crippen molar-refractivity contribution in [1.82, 2.24) is 0 Å². The highest BCUT2D eigenvalue weighted by Crippen LogP contribution is 2.65. The second kappa shape index (κ2) is 4.57. The quantitative estimate of drug-likeness (QED) is 0.579. The van der Waals surface area contributed by atoms with E-state index < -0.39 is 9.04 Å². The molecule has 2 aliphatic rings. The molecule has 0 radical (unpaired) electrons. The molecule has 116 valence electrons. The maximum Gasteiger partial charge on any atom is 0.335 e. The fourth-order valence-electron chi connectivity index (χ4n) is 4.50. The van der Waals surface area contributed by atoms with Gasteiger partial charge < -0.3 is 9.16 Å². The minimum atomic E-state index is -1.26. The molecule has 0 N–H and O–H groups in total. The summed E-state index contributed by atoms with van der Waals surface area (Å²) in [5, 5.41) is 0. The highest BCUT2D eigenvalue weighted by molar-refractivity contribution is 6.48. The molecule has 1 saturated heterocycles. The van der Waals surface area contributed by atoms with Crippen molar-refractivity contribution in [2.24, 2.45) is 22.7 Å². The molecule has 1 heterocycles. The Balaban J connectivity index is 2.34. The number of carbonyl (C=O) groups excluding carboxylic acids is 1. The summed E-state index contributed by atoms with van der Waals surface area (Å²) < 4.78 is 11.8. The second-order valence-electron chi connectivity index (χ2n) is 8.75. The van der Waals surface area contributed by atoms with Crippen LogP contribution in [0.1, 0.15) is 48.0 Å². The average molecular weight is 298 g/mol. The highest BCUT2D eigenvalue weighted by Gasteiger charge is 2.68. The smallest absolute Gasteiger partial charge is 0.335 e. The van der Waals surface area contributed by atoms with Gasteiger partial charge in [-0.1, -0.05) is 27.7 Å². The number of hydrogen-bond donors (Lipinski definition) is 0. The van der Waals surface area contributed by atoms with Crippen LogP contribution in [0.4, 0.5) is 0 Å². The molecule has 4 heteroatoms. The molecule has 4 unspecified atom stereocenters. The molecule has 0 aromatic carbocycles. The Morgan fingerprint density at radius 3 is 2.25 bits per heavy atom. The third kappa shape index (κ3) is 2.35. The number of fused-ring (bicyclic) bond motifs is 1. The predicted molar refractivity (Wildman–Crippen MR) is 83.1 cm³/mol. The van der Waals surface area contributed by atoms with E-state index in [4.69, 9.17) is 9.16 Å². The third-order valence-electron chi connectivity index (χ3n) is 5.22. The largest absolute Gasteiger partial charge is 0.457 e. The van der Waals surface area contributed by atoms with E-state index in [-0.39, 0.29) is 28.5 Å². The molecular formula is C16H30O3Si. The van der Waals surface area contributed by atoms with Gasteiger partial charge in [0.1, 0.15) is 11.7 Å². The lowest BCUT2D eigenvalue weighted by molar-refractivity contribution is -0.266. The molecule has 0 spiro atoms. The van der Waals surface area contributed by atoms with Crippen molar-refractivity contribution in [1.29, 1.82) is 0 Å². The van der Waals surface area contributed by atoms with Gasteiger partial charge in [-0.25, -0.2) is 4.79 Å². The normalized spacial score (nSPS) is 40.0. The zero-order valence-corrected chi connectivity index (χ0v) is 15.4. The maximum atomic E-state index is 12.4. The molecule has 2 fully saturated rings. The topological polar surface area (TPSA) is 35.5 Å². The van der Waals surface area contributed by atoms with Crippen molar-refractivity contribution < 1.29 is 14.0 Å². The van der Waals surface area contributed by atoms with E-state index in [0.29, 0.717) is 11.8 Å². The van der Waals surface area contributed by atoms with Crippen LogP contribution < -0.4 is 0 Å². The van der Waals surface area contributed by atoms with Gasteiger partial charge in [0.25, 0.3) is 0 Å². The van der Waals surface area contributed by atoms with E-state index in [1.165, 1.54) is 0 Å². The van der Waals surface area contributed by atoms with Crippen LogP contribution in [-0.2, 0) is 14.0 Å². The van der Waals surface area contributed by atoms with Crippen LogP contribution in [0.5, 0.6) is 0 Å². The molecule has 0 aromatic heterocycles. The van der Waals surface area contributed by atoms with Crippen molar-refractivity contribution in [3.05, 3.63) is 0 Å². The zero-order valence-electron chi connectivity index (χ0n) is 14.2. The Labute approximate surface area is 125 Å². The minimum absolute atomic E-state index is 0.0615. The Hall–Kier alpha value is -0.353. The third-order valence-corrected chi connectivity index (χ3v) is 6.04. The van der Waals surface area contributed by atoms with E-state index in [2.05, 4.69) is 54.6 Å². The van der Waals surface area contributed by atoms with Gasteiger partial charge in [0.2, 0.25) is 0 Å². The van der Waals surface area contributed by atoms with E-state index >= 15 is 0 Å². The fourth-order valence-corrected chi connectivity index (χ4v) is 5.47. The number of hydrogen-bond acceptors (Lipinski definition) is 3. The number of esters is 1. The van der Waals surface area contributed by atoms with Gasteiger partial charge in [0, 0.05) is 11.3 Å². The van der Waals surface area contributed by atoms with Crippen molar-refractivity contribution in [3.63, 3.8) is 0 Å². The first-order valence-corrected chi connectivity index (χ1v) is 10.6. The monoisotopic (exact) mass is 298 g/mol. The Bertz CT molecular complexity index is 410. The van der Waals surface area contributed by atoms with E-state index in [0.717, 1.165) is 6.42 Å². The molecule has 1 saturated carbocycles. The molecule has 0 aromatic rings. The summed E-state index contributed by atoms with van der Waals surface area (Å²) in [6.45, 7) is 17.5. The van der Waals surface area contributed by atoms with Gasteiger partial charge in [-0.05, 0) is 44.7 Å². The van der Waals surface area contributed by atoms with Crippen LogP contribution in [0.2, 0.25) is 13.1 Å². The summed E-state index contributed by atoms with van der Waals surface area (Å²) >= 11 is 0. The highest BCUT2D eigenvalue weighted by atomic mass is 28.3. The van der Waals surface area contributed by atoms with Gasteiger partial charge >= 0.3 is 5.97 Å². The van der Waals surface area contributed by atoms with E-state index in [1.807, 2.05) is 0 Å². The van der Waals surface area contributed by atoms with Crippen LogP contribution in [0, 0.1) is 22.7 Å². The summed E-state index contributed by atoms with van der Waals surface area (Å²) in [4.78, 5) is 12.4. The number of rotatable bonds is 2. The van der Waals surface area contributed by atoms with Gasteiger partial charge in [0.15, 0.2) is 9.04 Å². The maximum absolute atomic E-state index is 12.4. The van der Waals surface area contributed by atoms with Crippen LogP contribution >= 0.6 is 0 Å². The van der Waals surface area contributed by atoms with Crippen LogP contribution in [0.25, 0.3) is 0 Å². The standard InChI is InChI=1S/C16H30O3Si/c1-14(2,3)10-9-16(6)11(10)15(4,5)18-13(17)12(16)19-20(7)8/h10-12,20H,9H2,1-8H3. The van der Waals surface area contributed by atoms with Crippen molar-refractivity contribution >= 4 is 15.0 Å². The molecule has 1 aliphatic carbocycles. The van der Waals surface area contributed by atoms with Crippen molar-refractivity contribution in [3.8, 4) is 0 Å². The predicted octanol–water partition coefficient (Wildman–Crippen LogP) is 3.38. The first-order chi connectivity index (χ1) is 8.89. The summed E-state index contributed by atoms with van der Waals surface area (Å²) in [5.74, 6) is 0.809. The molecule has 3 nitrogen and oxygen atoms in total. The Morgan fingerprint density at radius 2 is 1.80 bits per heavy atom. The molecule has 0 amide bonds. The van der Waals surface area contributed by atoms with Crippen LogP contribution in [-0.4, -0.2) is 26.7 Å². The first-order valence-electron chi connectivity index (χ1n) is 7.78. The second-order valence-corrected chi connectivity index (χ2v) is 11.1. The number of carbonyl (C=O) groups is 1. The molecule has 0 bridgehead atoms. The summed E-state index contributed by atoms with van der Waals surface area (Å²) in [7, 11) is -1.26. The van der Waals surface area contributed by atoms with Crippen LogP contribution in [0.15, 0.2) is 0 Å². The van der Waals surface area contributed by atoms with Gasteiger partial charge in [-0.15, -0.1) is 0 Å². The van der Waals surface area contributed by atoms with E-state index in [1.54, 1.807) is 0 Å². The van der Waals surface area contributed by atoms with Crippen molar-refractivity contribution in [2.45, 2.75) is 72.8 Å². The van der Waals surface area contributed by atoms with Crippen LogP contribution in [0.3, 0.4) is 0 Å². The molecule has 20 heavy (non-hydrogen) atoms. The minimum Gasteiger partial charge on any atom is -0.457 e. The van der Waals surface area contributed by atoms with Gasteiger partial charge in [-0.2, -0.15) is 0 Å². The average Bonchev–Trinajstić information content (AvgIpc) is 2.16. The first kappa shape index (κ1) is 16.0. The molecule has 4 atom stereocenters. The number of cyclic esters (lactones) is 1. The summed E-state index contributed by atoms with van der Waals surface area (Å²) in [6.07, 6.45) is 0.705.